The number of carbonyl (C=O) groups excluding carboxylic acids is 1. The van der Waals surface area contributed by atoms with Crippen molar-refractivity contribution in [2.75, 3.05) is 26.5 Å². The van der Waals surface area contributed by atoms with Crippen LogP contribution in [0.4, 0.5) is 0 Å². The van der Waals surface area contributed by atoms with E-state index >= 15 is 0 Å². The molecule has 3 rings (SSSR count). The maximum absolute atomic E-state index is 12.9. The maximum Gasteiger partial charge on any atom is 0.255 e. The van der Waals surface area contributed by atoms with Gasteiger partial charge in [0.1, 0.15) is 5.75 Å². The largest absolute Gasteiger partial charge is 0.497 e. The zero-order valence-corrected chi connectivity index (χ0v) is 14.8. The van der Waals surface area contributed by atoms with E-state index in [0.717, 1.165) is 21.8 Å². The normalized spacial score (nSPS) is 20.2. The predicted molar refractivity (Wildman–Crippen MR) is 97.8 cm³/mol. The first-order valence-corrected chi connectivity index (χ1v) is 9.18. The molecule has 5 heteroatoms. The lowest BCUT2D eigenvalue weighted by Crippen LogP contribution is -2.32. The van der Waals surface area contributed by atoms with Crippen LogP contribution in [0.15, 0.2) is 53.4 Å². The molecule has 1 aliphatic rings. The third-order valence-electron chi connectivity index (χ3n) is 4.53. The van der Waals surface area contributed by atoms with Crippen molar-refractivity contribution in [3.05, 3.63) is 59.7 Å². The van der Waals surface area contributed by atoms with Gasteiger partial charge in [-0.05, 0) is 36.1 Å². The zero-order chi connectivity index (χ0) is 17.1. The quantitative estimate of drug-likeness (QED) is 0.868. The van der Waals surface area contributed by atoms with E-state index in [2.05, 4.69) is 0 Å². The van der Waals surface area contributed by atoms with Gasteiger partial charge >= 0.3 is 0 Å². The van der Waals surface area contributed by atoms with E-state index in [4.69, 9.17) is 10.5 Å². The Morgan fingerprint density at radius 2 is 1.88 bits per heavy atom. The summed E-state index contributed by atoms with van der Waals surface area (Å²) < 4.78 is 5.20. The number of amides is 1. The van der Waals surface area contributed by atoms with Crippen LogP contribution in [0.3, 0.4) is 0 Å². The highest BCUT2D eigenvalue weighted by atomic mass is 32.2. The average molecular weight is 342 g/mol. The maximum atomic E-state index is 12.9. The van der Waals surface area contributed by atoms with Crippen LogP contribution in [0.1, 0.15) is 21.8 Å². The number of thioether (sulfide) groups is 1. The van der Waals surface area contributed by atoms with Crippen LogP contribution in [-0.2, 0) is 0 Å². The minimum Gasteiger partial charge on any atom is -0.497 e. The lowest BCUT2D eigenvalue weighted by molar-refractivity contribution is 0.0785. The second kappa shape index (κ2) is 7.28. The molecule has 0 aromatic heterocycles. The van der Waals surface area contributed by atoms with Gasteiger partial charge in [-0.25, -0.2) is 0 Å². The number of nitrogens with two attached hydrogens (primary N) is 1. The summed E-state index contributed by atoms with van der Waals surface area (Å²) in [5.74, 6) is 1.04. The first-order valence-electron chi connectivity index (χ1n) is 7.96. The van der Waals surface area contributed by atoms with Crippen LogP contribution in [0, 0.1) is 0 Å². The van der Waals surface area contributed by atoms with Gasteiger partial charge < -0.3 is 15.4 Å². The molecule has 0 spiro atoms. The molecule has 0 aliphatic carbocycles. The summed E-state index contributed by atoms with van der Waals surface area (Å²) in [6.07, 6.45) is 1.99. The van der Waals surface area contributed by atoms with Crippen LogP contribution in [-0.4, -0.2) is 43.3 Å². The van der Waals surface area contributed by atoms with Gasteiger partial charge in [0.25, 0.3) is 5.91 Å². The Bertz CT molecular complexity index is 718. The molecular weight excluding hydrogens is 320 g/mol. The summed E-state index contributed by atoms with van der Waals surface area (Å²) in [4.78, 5) is 15.8. The minimum absolute atomic E-state index is 0.0520. The van der Waals surface area contributed by atoms with Crippen LogP contribution in [0.25, 0.3) is 0 Å². The number of rotatable bonds is 4. The fourth-order valence-electron chi connectivity index (χ4n) is 3.19. The second-order valence-electron chi connectivity index (χ2n) is 5.95. The van der Waals surface area contributed by atoms with Crippen molar-refractivity contribution in [3.63, 3.8) is 0 Å². The standard InChI is InChI=1S/C19H22N2O2S/c1-23-14-9-7-13(8-10-14)16-11-21(12-17(16)20)19(22)15-5-3-4-6-18(15)24-2/h3-10,16-17H,11-12,20H2,1-2H3/t16-,17+/m0/s1. The van der Waals surface area contributed by atoms with Gasteiger partial charge in [0, 0.05) is 29.9 Å². The van der Waals surface area contributed by atoms with E-state index in [9.17, 15) is 4.79 Å². The number of hydrogen-bond acceptors (Lipinski definition) is 4. The predicted octanol–water partition coefficient (Wildman–Crippen LogP) is 2.98. The lowest BCUT2D eigenvalue weighted by Gasteiger charge is -2.18. The van der Waals surface area contributed by atoms with E-state index in [1.807, 2.05) is 59.7 Å². The van der Waals surface area contributed by atoms with E-state index < -0.39 is 0 Å². The number of carbonyl (C=O) groups is 1. The van der Waals surface area contributed by atoms with Crippen molar-refractivity contribution in [1.82, 2.24) is 4.90 Å². The van der Waals surface area contributed by atoms with Crippen molar-refractivity contribution in [2.45, 2.75) is 16.9 Å². The number of hydrogen-bond donors (Lipinski definition) is 1. The first-order chi connectivity index (χ1) is 11.6. The Balaban J connectivity index is 1.78. The molecule has 24 heavy (non-hydrogen) atoms. The molecule has 126 valence electrons. The number of benzene rings is 2. The van der Waals surface area contributed by atoms with E-state index in [1.54, 1.807) is 18.9 Å². The van der Waals surface area contributed by atoms with Gasteiger partial charge in [0.15, 0.2) is 0 Å². The Morgan fingerprint density at radius 1 is 1.17 bits per heavy atom. The van der Waals surface area contributed by atoms with Gasteiger partial charge in [0.05, 0.1) is 12.7 Å². The Hall–Kier alpha value is -1.98. The molecule has 1 amide bonds. The molecule has 0 unspecified atom stereocenters. The molecule has 2 atom stereocenters. The summed E-state index contributed by atoms with van der Waals surface area (Å²) in [6.45, 7) is 1.23. The fraction of sp³-hybridized carbons (Fsp3) is 0.316. The van der Waals surface area contributed by atoms with Gasteiger partial charge in [-0.15, -0.1) is 11.8 Å². The third-order valence-corrected chi connectivity index (χ3v) is 5.33. The van der Waals surface area contributed by atoms with Gasteiger partial charge in [-0.1, -0.05) is 24.3 Å². The fourth-order valence-corrected chi connectivity index (χ4v) is 3.78. The monoisotopic (exact) mass is 342 g/mol. The molecule has 1 saturated heterocycles. The zero-order valence-electron chi connectivity index (χ0n) is 13.9. The molecule has 1 fully saturated rings. The summed E-state index contributed by atoms with van der Waals surface area (Å²) in [5, 5.41) is 0. The third kappa shape index (κ3) is 3.28. The van der Waals surface area contributed by atoms with Crippen LogP contribution in [0.2, 0.25) is 0 Å². The SMILES string of the molecule is COc1ccc([C@@H]2CN(C(=O)c3ccccc3SC)C[C@H]2N)cc1. The second-order valence-corrected chi connectivity index (χ2v) is 6.80. The highest BCUT2D eigenvalue weighted by Gasteiger charge is 2.34. The summed E-state index contributed by atoms with van der Waals surface area (Å²) >= 11 is 1.59. The highest BCUT2D eigenvalue weighted by Crippen LogP contribution is 2.30. The Labute approximate surface area is 147 Å². The molecule has 1 heterocycles. The van der Waals surface area contributed by atoms with Gasteiger partial charge in [-0.3, -0.25) is 4.79 Å². The van der Waals surface area contributed by atoms with Crippen molar-refractivity contribution in [2.24, 2.45) is 5.73 Å². The molecule has 2 aromatic rings. The number of ether oxygens (including phenoxy) is 1. The van der Waals surface area contributed by atoms with Crippen LogP contribution < -0.4 is 10.5 Å². The highest BCUT2D eigenvalue weighted by molar-refractivity contribution is 7.98. The molecule has 0 radical (unpaired) electrons. The molecule has 2 aromatic carbocycles. The summed E-state index contributed by atoms with van der Waals surface area (Å²) in [7, 11) is 1.65. The Kier molecular flexibility index (Phi) is 5.11. The van der Waals surface area contributed by atoms with E-state index in [1.165, 1.54) is 0 Å². The number of likely N-dealkylation sites (tertiary alicyclic amines) is 1. The van der Waals surface area contributed by atoms with Crippen molar-refractivity contribution in [1.29, 1.82) is 0 Å². The molecule has 0 saturated carbocycles. The number of nitrogens with zero attached hydrogens (tertiary/aromatic N) is 1. The lowest BCUT2D eigenvalue weighted by atomic mass is 9.95. The van der Waals surface area contributed by atoms with Crippen molar-refractivity contribution < 1.29 is 9.53 Å². The van der Waals surface area contributed by atoms with Crippen LogP contribution >= 0.6 is 11.8 Å². The first kappa shape index (κ1) is 16.9. The van der Waals surface area contributed by atoms with Crippen molar-refractivity contribution >= 4 is 17.7 Å². The van der Waals surface area contributed by atoms with Crippen LogP contribution in [0.5, 0.6) is 5.75 Å². The Morgan fingerprint density at radius 3 is 2.54 bits per heavy atom. The van der Waals surface area contributed by atoms with Gasteiger partial charge in [0.2, 0.25) is 0 Å². The molecule has 1 aliphatic heterocycles. The summed E-state index contributed by atoms with van der Waals surface area (Å²) in [6, 6.07) is 15.6. The summed E-state index contributed by atoms with van der Waals surface area (Å²) in [5.41, 5.74) is 8.23. The minimum atomic E-state index is -0.0520. The molecule has 4 nitrogen and oxygen atoms in total. The molecule has 2 N–H and O–H groups in total. The molecular formula is C19H22N2O2S. The average Bonchev–Trinajstić information content (AvgIpc) is 3.03. The smallest absolute Gasteiger partial charge is 0.255 e. The van der Waals surface area contributed by atoms with E-state index in [0.29, 0.717) is 13.1 Å². The van der Waals surface area contributed by atoms with Gasteiger partial charge in [-0.2, -0.15) is 0 Å². The van der Waals surface area contributed by atoms with Crippen molar-refractivity contribution in [3.8, 4) is 5.75 Å². The topological polar surface area (TPSA) is 55.6 Å². The number of methoxy groups -OCH3 is 1. The molecule has 0 bridgehead atoms. The van der Waals surface area contributed by atoms with E-state index in [-0.39, 0.29) is 17.9 Å².